The van der Waals surface area contributed by atoms with Gasteiger partial charge >= 0.3 is 6.09 Å². The Morgan fingerprint density at radius 3 is 2.27 bits per heavy atom. The van der Waals surface area contributed by atoms with Gasteiger partial charge in [0.05, 0.1) is 19.3 Å². The Hall–Kier alpha value is -2.75. The van der Waals surface area contributed by atoms with E-state index in [0.29, 0.717) is 12.8 Å². The summed E-state index contributed by atoms with van der Waals surface area (Å²) in [5, 5.41) is 3.05. The van der Waals surface area contributed by atoms with E-state index in [1.807, 2.05) is 54.6 Å². The highest BCUT2D eigenvalue weighted by atomic mass is 28.4. The number of alkyl carbamates (subject to hydrolysis) is 1. The van der Waals surface area contributed by atoms with Gasteiger partial charge in [-0.05, 0) is 47.8 Å². The number of terminal acetylenes is 1. The zero-order valence-corrected chi connectivity index (χ0v) is 21.7. The highest BCUT2D eigenvalue weighted by molar-refractivity contribution is 6.74. The maximum absolute atomic E-state index is 12.8. The number of hydrogen-bond acceptors (Lipinski definition) is 4. The maximum atomic E-state index is 12.8. The number of rotatable bonds is 10. The highest BCUT2D eigenvalue weighted by Crippen LogP contribution is 2.41. The Kier molecular flexibility index (Phi) is 9.57. The van der Waals surface area contributed by atoms with Crippen LogP contribution in [0.2, 0.25) is 18.1 Å². The molecule has 0 aliphatic rings. The van der Waals surface area contributed by atoms with Gasteiger partial charge in [-0.15, -0.1) is 12.3 Å². The zero-order chi connectivity index (χ0) is 24.5. The molecule has 5 nitrogen and oxygen atoms in total. The second-order valence-electron chi connectivity index (χ2n) is 9.63. The van der Waals surface area contributed by atoms with Crippen molar-refractivity contribution in [3.63, 3.8) is 0 Å². The quantitative estimate of drug-likeness (QED) is 0.321. The number of nitrogens with one attached hydrogen (secondary N) is 1. The lowest BCUT2D eigenvalue weighted by atomic mass is 9.98. The molecule has 2 aromatic rings. The van der Waals surface area contributed by atoms with Gasteiger partial charge in [-0.3, -0.25) is 0 Å². The minimum atomic E-state index is -2.14. The third kappa shape index (κ3) is 7.95. The summed E-state index contributed by atoms with van der Waals surface area (Å²) in [4.78, 5) is 12.8. The molecule has 0 fully saturated rings. The van der Waals surface area contributed by atoms with Crippen molar-refractivity contribution in [2.24, 2.45) is 0 Å². The predicted molar refractivity (Wildman–Crippen MR) is 136 cm³/mol. The van der Waals surface area contributed by atoms with Crippen LogP contribution >= 0.6 is 0 Å². The number of methoxy groups -OCH3 is 1. The monoisotopic (exact) mass is 467 g/mol. The standard InChI is InChI=1S/C27H37NO4Si/c1-8-9-15-24(28-26(29)31-20-21-16-18-23(30-5)19-17-21)25(22-13-11-10-12-14-22)32-33(6,7)27(2,3)4/h1,10-14,16-19,24-25H,9,15,20H2,2-7H3,(H,28,29)/t24-,25-/m1/s1. The van der Waals surface area contributed by atoms with E-state index in [-0.39, 0.29) is 23.8 Å². The summed E-state index contributed by atoms with van der Waals surface area (Å²) >= 11 is 0. The molecule has 0 aromatic heterocycles. The first-order chi connectivity index (χ1) is 15.6. The van der Waals surface area contributed by atoms with Crippen molar-refractivity contribution in [3.05, 3.63) is 65.7 Å². The van der Waals surface area contributed by atoms with Crippen LogP contribution in [0, 0.1) is 12.3 Å². The van der Waals surface area contributed by atoms with Crippen molar-refractivity contribution < 1.29 is 18.7 Å². The third-order valence-corrected chi connectivity index (χ3v) is 10.6. The van der Waals surface area contributed by atoms with Crippen LogP contribution in [0.4, 0.5) is 4.79 Å². The Bertz CT molecular complexity index is 914. The van der Waals surface area contributed by atoms with Crippen LogP contribution in [0.25, 0.3) is 0 Å². The summed E-state index contributed by atoms with van der Waals surface area (Å²) in [6.07, 6.45) is 5.85. The average molecular weight is 468 g/mol. The van der Waals surface area contributed by atoms with Crippen molar-refractivity contribution >= 4 is 14.4 Å². The number of hydrogen-bond donors (Lipinski definition) is 1. The van der Waals surface area contributed by atoms with Crippen molar-refractivity contribution in [2.75, 3.05) is 7.11 Å². The molecule has 0 radical (unpaired) electrons. The SMILES string of the molecule is C#CCC[C@@H](NC(=O)OCc1ccc(OC)cc1)[C@H](O[Si](C)(C)C(C)(C)C)c1ccccc1. The summed E-state index contributed by atoms with van der Waals surface area (Å²) in [6, 6.07) is 17.1. The van der Waals surface area contributed by atoms with E-state index in [1.165, 1.54) is 0 Å². The normalized spacial score (nSPS) is 13.5. The lowest BCUT2D eigenvalue weighted by Gasteiger charge is -2.41. The van der Waals surface area contributed by atoms with Crippen LogP contribution in [-0.2, 0) is 15.8 Å². The molecule has 0 aliphatic carbocycles. The molecule has 0 bridgehead atoms. The van der Waals surface area contributed by atoms with E-state index < -0.39 is 14.4 Å². The minimum Gasteiger partial charge on any atom is -0.497 e. The summed E-state index contributed by atoms with van der Waals surface area (Å²) < 4.78 is 17.5. The second-order valence-corrected chi connectivity index (χ2v) is 14.4. The van der Waals surface area contributed by atoms with Gasteiger partial charge in [-0.2, -0.15) is 0 Å². The summed E-state index contributed by atoms with van der Waals surface area (Å²) in [5.74, 6) is 3.45. The first-order valence-electron chi connectivity index (χ1n) is 11.3. The van der Waals surface area contributed by atoms with Gasteiger partial charge < -0.3 is 19.2 Å². The molecule has 178 valence electrons. The van der Waals surface area contributed by atoms with Crippen LogP contribution in [0.3, 0.4) is 0 Å². The van der Waals surface area contributed by atoms with Gasteiger partial charge in [0.15, 0.2) is 8.32 Å². The number of amides is 1. The Morgan fingerprint density at radius 2 is 1.73 bits per heavy atom. The van der Waals surface area contributed by atoms with Crippen LogP contribution in [0.5, 0.6) is 5.75 Å². The smallest absolute Gasteiger partial charge is 0.407 e. The summed E-state index contributed by atoms with van der Waals surface area (Å²) in [6.45, 7) is 11.2. The van der Waals surface area contributed by atoms with E-state index in [0.717, 1.165) is 16.9 Å². The molecule has 0 saturated heterocycles. The van der Waals surface area contributed by atoms with E-state index in [1.54, 1.807) is 7.11 Å². The van der Waals surface area contributed by atoms with E-state index in [2.05, 4.69) is 45.1 Å². The summed E-state index contributed by atoms with van der Waals surface area (Å²) in [7, 11) is -0.524. The first-order valence-corrected chi connectivity index (χ1v) is 14.2. The zero-order valence-electron chi connectivity index (χ0n) is 20.7. The number of carbonyl (C=O) groups excluding carboxylic acids is 1. The lowest BCUT2D eigenvalue weighted by Crippen LogP contribution is -2.48. The topological polar surface area (TPSA) is 56.8 Å². The van der Waals surface area contributed by atoms with Gasteiger partial charge in [0, 0.05) is 6.42 Å². The molecule has 0 unspecified atom stereocenters. The Balaban J connectivity index is 2.20. The van der Waals surface area contributed by atoms with Gasteiger partial charge in [0.1, 0.15) is 12.4 Å². The van der Waals surface area contributed by atoms with Crippen LogP contribution in [0.15, 0.2) is 54.6 Å². The van der Waals surface area contributed by atoms with Crippen LogP contribution in [-0.4, -0.2) is 27.6 Å². The summed E-state index contributed by atoms with van der Waals surface area (Å²) in [5.41, 5.74) is 1.89. The molecule has 2 atom stereocenters. The van der Waals surface area contributed by atoms with Crippen molar-refractivity contribution in [1.82, 2.24) is 5.32 Å². The highest BCUT2D eigenvalue weighted by Gasteiger charge is 2.41. The second kappa shape index (κ2) is 11.9. The van der Waals surface area contributed by atoms with Gasteiger partial charge in [-0.1, -0.05) is 63.2 Å². The first kappa shape index (κ1) is 26.5. The molecule has 1 N–H and O–H groups in total. The van der Waals surface area contributed by atoms with E-state index >= 15 is 0 Å². The molecule has 2 rings (SSSR count). The predicted octanol–water partition coefficient (Wildman–Crippen LogP) is 6.47. The third-order valence-electron chi connectivity index (χ3n) is 6.15. The number of carbonyl (C=O) groups is 1. The molecular weight excluding hydrogens is 430 g/mol. The molecule has 0 aliphatic heterocycles. The fourth-order valence-corrected chi connectivity index (χ4v) is 4.41. The van der Waals surface area contributed by atoms with Crippen molar-refractivity contribution in [2.45, 2.75) is 70.5 Å². The fourth-order valence-electron chi connectivity index (χ4n) is 3.12. The number of benzene rings is 2. The van der Waals surface area contributed by atoms with Crippen molar-refractivity contribution in [3.8, 4) is 18.1 Å². The Labute approximate surface area is 200 Å². The van der Waals surface area contributed by atoms with Gasteiger partial charge in [0.2, 0.25) is 0 Å². The maximum Gasteiger partial charge on any atom is 0.407 e. The van der Waals surface area contributed by atoms with E-state index in [9.17, 15) is 4.79 Å². The molecule has 0 heterocycles. The molecule has 0 spiro atoms. The van der Waals surface area contributed by atoms with Crippen LogP contribution < -0.4 is 10.1 Å². The number of ether oxygens (including phenoxy) is 2. The van der Waals surface area contributed by atoms with Crippen LogP contribution in [0.1, 0.15) is 50.8 Å². The Morgan fingerprint density at radius 1 is 1.09 bits per heavy atom. The van der Waals surface area contributed by atoms with Crippen molar-refractivity contribution in [1.29, 1.82) is 0 Å². The molecule has 6 heteroatoms. The minimum absolute atomic E-state index is 0.0194. The molecule has 1 amide bonds. The molecular formula is C27H37NO4Si. The fraction of sp³-hybridized carbons (Fsp3) is 0.444. The van der Waals surface area contributed by atoms with Gasteiger partial charge in [-0.25, -0.2) is 4.79 Å². The largest absolute Gasteiger partial charge is 0.497 e. The molecule has 0 saturated carbocycles. The van der Waals surface area contributed by atoms with Gasteiger partial charge in [0.25, 0.3) is 0 Å². The average Bonchev–Trinajstić information content (AvgIpc) is 2.79. The molecule has 33 heavy (non-hydrogen) atoms. The lowest BCUT2D eigenvalue weighted by molar-refractivity contribution is 0.104. The van der Waals surface area contributed by atoms with E-state index in [4.69, 9.17) is 20.3 Å². The molecule has 2 aromatic carbocycles.